The number of aromatic nitrogens is 1. The predicted octanol–water partition coefficient (Wildman–Crippen LogP) is 3.05. The summed E-state index contributed by atoms with van der Waals surface area (Å²) >= 11 is 0. The normalized spacial score (nSPS) is 14.2. The van der Waals surface area contributed by atoms with Gasteiger partial charge in [-0.2, -0.15) is 0 Å². The van der Waals surface area contributed by atoms with Crippen LogP contribution in [0.1, 0.15) is 48.4 Å². The summed E-state index contributed by atoms with van der Waals surface area (Å²) in [6, 6.07) is 6.75. The number of aryl methyl sites for hydroxylation is 3. The first-order valence-electron chi connectivity index (χ1n) is 9.90. The second-order valence-corrected chi connectivity index (χ2v) is 7.01. The number of benzene rings is 1. The van der Waals surface area contributed by atoms with Crippen molar-refractivity contribution in [3.05, 3.63) is 46.3 Å². The highest BCUT2D eigenvalue weighted by atomic mass is 16.5. The van der Waals surface area contributed by atoms with Crippen LogP contribution in [0, 0.1) is 0 Å². The number of hydrogen-bond donors (Lipinski definition) is 2. The molecule has 0 fully saturated rings. The first-order chi connectivity index (χ1) is 13.2. The smallest absolute Gasteiger partial charge is 0.191 e. The molecule has 0 saturated heterocycles. The molecule has 0 amide bonds. The summed E-state index contributed by atoms with van der Waals surface area (Å²) in [6.07, 6.45) is 4.10. The van der Waals surface area contributed by atoms with E-state index in [4.69, 9.17) is 4.52 Å². The Morgan fingerprint density at radius 2 is 2.04 bits per heavy atom. The fourth-order valence-electron chi connectivity index (χ4n) is 3.66. The van der Waals surface area contributed by atoms with Crippen LogP contribution in [-0.2, 0) is 32.4 Å². The van der Waals surface area contributed by atoms with E-state index in [9.17, 15) is 0 Å². The molecule has 2 N–H and O–H groups in total. The Morgan fingerprint density at radius 1 is 1.22 bits per heavy atom. The summed E-state index contributed by atoms with van der Waals surface area (Å²) in [5, 5.41) is 11.0. The van der Waals surface area contributed by atoms with Gasteiger partial charge in [-0.25, -0.2) is 0 Å². The monoisotopic (exact) mass is 369 g/mol. The van der Waals surface area contributed by atoms with Gasteiger partial charge in [0.2, 0.25) is 0 Å². The third-order valence-electron chi connectivity index (χ3n) is 5.22. The van der Waals surface area contributed by atoms with Gasteiger partial charge < -0.3 is 20.1 Å². The Morgan fingerprint density at radius 3 is 2.78 bits per heavy atom. The zero-order valence-electron chi connectivity index (χ0n) is 16.9. The van der Waals surface area contributed by atoms with E-state index in [1.54, 1.807) is 7.05 Å². The van der Waals surface area contributed by atoms with Crippen LogP contribution in [0.4, 0.5) is 5.69 Å². The third kappa shape index (κ3) is 4.43. The topological polar surface area (TPSA) is 65.7 Å². The van der Waals surface area contributed by atoms with E-state index < -0.39 is 0 Å². The Bertz CT molecular complexity index is 774. The fourth-order valence-corrected chi connectivity index (χ4v) is 3.66. The molecule has 1 aromatic carbocycles. The Hall–Kier alpha value is -2.50. The van der Waals surface area contributed by atoms with Gasteiger partial charge in [-0.1, -0.05) is 31.1 Å². The maximum atomic E-state index is 5.44. The minimum absolute atomic E-state index is 0.671. The number of fused-ring (bicyclic) bond motifs is 1. The maximum Gasteiger partial charge on any atom is 0.191 e. The van der Waals surface area contributed by atoms with Crippen molar-refractivity contribution >= 4 is 11.6 Å². The number of nitrogens with zero attached hydrogens (tertiary/aromatic N) is 3. The molecule has 0 aliphatic carbocycles. The molecule has 0 radical (unpaired) electrons. The summed E-state index contributed by atoms with van der Waals surface area (Å²) in [7, 11) is 3.97. The number of hydrogen-bond acceptors (Lipinski definition) is 4. The van der Waals surface area contributed by atoms with Gasteiger partial charge in [-0.05, 0) is 36.5 Å². The summed E-state index contributed by atoms with van der Waals surface area (Å²) < 4.78 is 5.44. The van der Waals surface area contributed by atoms with Crippen molar-refractivity contribution < 1.29 is 4.52 Å². The highest BCUT2D eigenvalue weighted by Gasteiger charge is 2.15. The van der Waals surface area contributed by atoms with Gasteiger partial charge in [0.1, 0.15) is 5.76 Å². The van der Waals surface area contributed by atoms with Crippen LogP contribution in [0.15, 0.2) is 27.7 Å². The van der Waals surface area contributed by atoms with Crippen molar-refractivity contribution in [2.75, 3.05) is 25.5 Å². The van der Waals surface area contributed by atoms with Crippen LogP contribution in [0.2, 0.25) is 0 Å². The number of anilines is 1. The van der Waals surface area contributed by atoms with E-state index in [2.05, 4.69) is 64.8 Å². The Kier molecular flexibility index (Phi) is 6.37. The highest BCUT2D eigenvalue weighted by molar-refractivity contribution is 5.79. The molecule has 1 aliphatic heterocycles. The van der Waals surface area contributed by atoms with Gasteiger partial charge in [0, 0.05) is 51.4 Å². The summed E-state index contributed by atoms with van der Waals surface area (Å²) in [4.78, 5) is 6.69. The number of nitrogens with one attached hydrogen (secondary N) is 2. The van der Waals surface area contributed by atoms with Crippen molar-refractivity contribution in [2.45, 2.75) is 52.6 Å². The average molecular weight is 370 g/mol. The standard InChI is InChI=1S/C21H31N5O/c1-5-18-17(20(6-2)27-25-18)14-24-21(22-3)23-13-15-9-10-19-16(12-15)8-7-11-26(19)4/h9-10,12H,5-8,11,13-14H2,1-4H3,(H2,22,23,24). The lowest BCUT2D eigenvalue weighted by Gasteiger charge is -2.28. The van der Waals surface area contributed by atoms with Crippen molar-refractivity contribution in [2.24, 2.45) is 4.99 Å². The van der Waals surface area contributed by atoms with Gasteiger partial charge in [0.15, 0.2) is 5.96 Å². The summed E-state index contributed by atoms with van der Waals surface area (Å²) in [5.41, 5.74) is 6.25. The molecule has 0 saturated carbocycles. The minimum atomic E-state index is 0.671. The molecule has 0 atom stereocenters. The molecular formula is C21H31N5O. The van der Waals surface area contributed by atoms with Gasteiger partial charge in [-0.15, -0.1) is 0 Å². The fraction of sp³-hybridized carbons (Fsp3) is 0.524. The van der Waals surface area contributed by atoms with E-state index in [1.807, 2.05) is 0 Å². The molecule has 146 valence electrons. The largest absolute Gasteiger partial charge is 0.374 e. The lowest BCUT2D eigenvalue weighted by Crippen LogP contribution is -2.36. The van der Waals surface area contributed by atoms with Gasteiger partial charge >= 0.3 is 0 Å². The molecule has 2 aromatic rings. The Balaban J connectivity index is 1.59. The molecule has 3 rings (SSSR count). The number of aliphatic imine (C=N–C) groups is 1. The molecule has 27 heavy (non-hydrogen) atoms. The van der Waals surface area contributed by atoms with Crippen molar-refractivity contribution in [3.63, 3.8) is 0 Å². The predicted molar refractivity (Wildman–Crippen MR) is 110 cm³/mol. The maximum absolute atomic E-state index is 5.44. The van der Waals surface area contributed by atoms with Crippen LogP contribution >= 0.6 is 0 Å². The van der Waals surface area contributed by atoms with E-state index in [1.165, 1.54) is 23.2 Å². The lowest BCUT2D eigenvalue weighted by atomic mass is 9.99. The zero-order chi connectivity index (χ0) is 19.2. The zero-order valence-corrected chi connectivity index (χ0v) is 16.9. The molecule has 0 bridgehead atoms. The van der Waals surface area contributed by atoms with Crippen LogP contribution < -0.4 is 15.5 Å². The molecule has 2 heterocycles. The lowest BCUT2D eigenvalue weighted by molar-refractivity contribution is 0.380. The quantitative estimate of drug-likeness (QED) is 0.605. The van der Waals surface area contributed by atoms with Crippen molar-refractivity contribution in [3.8, 4) is 0 Å². The average Bonchev–Trinajstić information content (AvgIpc) is 3.10. The van der Waals surface area contributed by atoms with Crippen molar-refractivity contribution in [1.29, 1.82) is 0 Å². The summed E-state index contributed by atoms with van der Waals surface area (Å²) in [6.45, 7) is 6.75. The Labute approximate surface area is 162 Å². The van der Waals surface area contributed by atoms with Gasteiger partial charge in [0.25, 0.3) is 0 Å². The molecule has 1 aliphatic rings. The van der Waals surface area contributed by atoms with Crippen molar-refractivity contribution in [1.82, 2.24) is 15.8 Å². The van der Waals surface area contributed by atoms with Gasteiger partial charge in [0.05, 0.1) is 5.69 Å². The second kappa shape index (κ2) is 8.93. The van der Waals surface area contributed by atoms with Crippen LogP contribution in [0.5, 0.6) is 0 Å². The van der Waals surface area contributed by atoms with E-state index in [-0.39, 0.29) is 0 Å². The number of guanidine groups is 1. The molecule has 0 unspecified atom stereocenters. The van der Waals surface area contributed by atoms with E-state index >= 15 is 0 Å². The van der Waals surface area contributed by atoms with E-state index in [0.717, 1.165) is 55.3 Å². The van der Waals surface area contributed by atoms with Crippen LogP contribution in [0.25, 0.3) is 0 Å². The molecule has 6 heteroatoms. The highest BCUT2D eigenvalue weighted by Crippen LogP contribution is 2.26. The van der Waals surface area contributed by atoms with E-state index in [0.29, 0.717) is 6.54 Å². The first kappa shape index (κ1) is 19.3. The number of rotatable bonds is 6. The third-order valence-corrected chi connectivity index (χ3v) is 5.22. The molecule has 0 spiro atoms. The van der Waals surface area contributed by atoms with Crippen LogP contribution in [-0.4, -0.2) is 31.8 Å². The SMILES string of the molecule is CCc1noc(CC)c1CNC(=NC)NCc1ccc2c(c1)CCCN2C. The summed E-state index contributed by atoms with van der Waals surface area (Å²) in [5.74, 6) is 1.74. The minimum Gasteiger partial charge on any atom is -0.374 e. The first-order valence-corrected chi connectivity index (χ1v) is 9.90. The molecular weight excluding hydrogens is 338 g/mol. The molecule has 6 nitrogen and oxygen atoms in total. The molecule has 1 aromatic heterocycles. The van der Waals surface area contributed by atoms with Crippen LogP contribution in [0.3, 0.4) is 0 Å². The second-order valence-electron chi connectivity index (χ2n) is 7.01. The van der Waals surface area contributed by atoms with Gasteiger partial charge in [-0.3, -0.25) is 4.99 Å².